The number of fused-ring (bicyclic) bond motifs is 6. The Balaban J connectivity index is 1.22. The van der Waals surface area contributed by atoms with Gasteiger partial charge in [0.2, 0.25) is 0 Å². The summed E-state index contributed by atoms with van der Waals surface area (Å²) in [5, 5.41) is 5.12. The van der Waals surface area contributed by atoms with Gasteiger partial charge in [0.15, 0.2) is 0 Å². The van der Waals surface area contributed by atoms with E-state index in [1.54, 1.807) is 0 Å². The van der Waals surface area contributed by atoms with Crippen molar-refractivity contribution in [2.75, 3.05) is 4.90 Å². The second-order valence-electron chi connectivity index (χ2n) is 11.8. The van der Waals surface area contributed by atoms with E-state index >= 15 is 0 Å². The van der Waals surface area contributed by atoms with Crippen molar-refractivity contribution < 1.29 is 0 Å². The van der Waals surface area contributed by atoms with Crippen LogP contribution in [0.4, 0.5) is 17.1 Å². The molecule has 0 saturated heterocycles. The summed E-state index contributed by atoms with van der Waals surface area (Å²) in [6.45, 7) is 4.72. The Morgan fingerprint density at radius 1 is 0.452 bits per heavy atom. The van der Waals surface area contributed by atoms with E-state index in [0.29, 0.717) is 0 Å². The highest BCUT2D eigenvalue weighted by Crippen LogP contribution is 2.52. The molecular weight excluding hydrogens is 506 g/mol. The minimum atomic E-state index is -0.0525. The van der Waals surface area contributed by atoms with Crippen LogP contribution < -0.4 is 4.90 Å². The van der Waals surface area contributed by atoms with Gasteiger partial charge in [-0.3, -0.25) is 0 Å². The second-order valence-corrected chi connectivity index (χ2v) is 11.8. The van der Waals surface area contributed by atoms with Crippen LogP contribution in [0, 0.1) is 0 Å². The smallest absolute Gasteiger partial charge is 0.0540 e. The van der Waals surface area contributed by atoms with Crippen molar-refractivity contribution in [1.29, 1.82) is 0 Å². The highest BCUT2D eigenvalue weighted by Gasteiger charge is 2.36. The van der Waals surface area contributed by atoms with Gasteiger partial charge in [-0.25, -0.2) is 0 Å². The first-order valence-corrected chi connectivity index (χ1v) is 14.7. The zero-order chi connectivity index (χ0) is 28.3. The van der Waals surface area contributed by atoms with Crippen LogP contribution in [0.1, 0.15) is 25.0 Å². The van der Waals surface area contributed by atoms with E-state index < -0.39 is 0 Å². The van der Waals surface area contributed by atoms with Crippen LogP contribution in [0.2, 0.25) is 0 Å². The van der Waals surface area contributed by atoms with Gasteiger partial charge in [0.05, 0.1) is 5.69 Å². The molecule has 42 heavy (non-hydrogen) atoms. The number of nitrogens with zero attached hydrogens (tertiary/aromatic N) is 1. The molecule has 0 amide bonds. The predicted octanol–water partition coefficient (Wildman–Crippen LogP) is 11.4. The average molecular weight is 538 g/mol. The molecule has 1 heteroatoms. The fourth-order valence-electron chi connectivity index (χ4n) is 6.90. The van der Waals surface area contributed by atoms with Crippen molar-refractivity contribution >= 4 is 38.6 Å². The van der Waals surface area contributed by atoms with Gasteiger partial charge < -0.3 is 4.90 Å². The molecule has 1 aliphatic rings. The maximum Gasteiger partial charge on any atom is 0.0540 e. The highest BCUT2D eigenvalue weighted by molar-refractivity contribution is 6.03. The van der Waals surface area contributed by atoms with Crippen LogP contribution in [0.5, 0.6) is 0 Å². The Labute approximate surface area is 247 Å². The highest BCUT2D eigenvalue weighted by atomic mass is 15.1. The van der Waals surface area contributed by atoms with Crippen LogP contribution >= 0.6 is 0 Å². The number of para-hydroxylation sites is 1. The second kappa shape index (κ2) is 9.46. The van der Waals surface area contributed by atoms with E-state index in [1.165, 1.54) is 60.6 Å². The fraction of sp³-hybridized carbons (Fsp3) is 0.0732. The molecule has 200 valence electrons. The molecule has 7 aromatic rings. The summed E-state index contributed by atoms with van der Waals surface area (Å²) in [5.74, 6) is 0. The third-order valence-electron chi connectivity index (χ3n) is 9.05. The molecule has 0 spiro atoms. The van der Waals surface area contributed by atoms with E-state index in [0.717, 1.165) is 11.4 Å². The monoisotopic (exact) mass is 537 g/mol. The van der Waals surface area contributed by atoms with Crippen molar-refractivity contribution in [3.63, 3.8) is 0 Å². The summed E-state index contributed by atoms with van der Waals surface area (Å²) in [6.07, 6.45) is 0. The molecule has 0 fully saturated rings. The Hall–Kier alpha value is -5.14. The van der Waals surface area contributed by atoms with E-state index in [4.69, 9.17) is 0 Å². The summed E-state index contributed by atoms with van der Waals surface area (Å²) in [4.78, 5) is 2.36. The lowest BCUT2D eigenvalue weighted by Gasteiger charge is -2.27. The molecule has 1 nitrogen and oxygen atoms in total. The molecule has 0 saturated carbocycles. The lowest BCUT2D eigenvalue weighted by molar-refractivity contribution is 0.661. The number of hydrogen-bond acceptors (Lipinski definition) is 1. The molecule has 0 N–H and O–H groups in total. The lowest BCUT2D eigenvalue weighted by Crippen LogP contribution is -2.15. The van der Waals surface area contributed by atoms with Crippen LogP contribution in [-0.4, -0.2) is 0 Å². The molecule has 7 aromatic carbocycles. The van der Waals surface area contributed by atoms with Crippen LogP contribution in [0.3, 0.4) is 0 Å². The molecule has 0 atom stereocenters. The quantitative estimate of drug-likeness (QED) is 0.216. The topological polar surface area (TPSA) is 3.24 Å². The Bertz CT molecular complexity index is 2100. The third kappa shape index (κ3) is 3.78. The van der Waals surface area contributed by atoms with Crippen molar-refractivity contribution in [2.45, 2.75) is 19.3 Å². The van der Waals surface area contributed by atoms with Gasteiger partial charge in [0.25, 0.3) is 0 Å². The molecule has 0 bridgehead atoms. The molecule has 0 radical (unpaired) electrons. The van der Waals surface area contributed by atoms with Gasteiger partial charge in [-0.05, 0) is 85.9 Å². The van der Waals surface area contributed by atoms with Crippen LogP contribution in [0.15, 0.2) is 152 Å². The van der Waals surface area contributed by atoms with Gasteiger partial charge in [-0.15, -0.1) is 0 Å². The summed E-state index contributed by atoms with van der Waals surface area (Å²) >= 11 is 0. The van der Waals surface area contributed by atoms with Crippen molar-refractivity contribution in [2.24, 2.45) is 0 Å². The normalized spacial score (nSPS) is 13.2. The van der Waals surface area contributed by atoms with Gasteiger partial charge >= 0.3 is 0 Å². The van der Waals surface area contributed by atoms with Crippen LogP contribution in [-0.2, 0) is 5.41 Å². The van der Waals surface area contributed by atoms with Gasteiger partial charge in [0.1, 0.15) is 0 Å². The first-order valence-electron chi connectivity index (χ1n) is 14.7. The minimum absolute atomic E-state index is 0.0525. The van der Waals surface area contributed by atoms with Crippen molar-refractivity contribution in [1.82, 2.24) is 0 Å². The summed E-state index contributed by atoms with van der Waals surface area (Å²) < 4.78 is 0. The Kier molecular flexibility index (Phi) is 5.55. The Morgan fingerprint density at radius 2 is 1.07 bits per heavy atom. The number of anilines is 3. The minimum Gasteiger partial charge on any atom is -0.310 e. The van der Waals surface area contributed by atoms with Gasteiger partial charge in [-0.1, -0.05) is 129 Å². The fourth-order valence-corrected chi connectivity index (χ4v) is 6.90. The molecule has 0 aromatic heterocycles. The van der Waals surface area contributed by atoms with Crippen molar-refractivity contribution in [3.05, 3.63) is 163 Å². The molecule has 8 rings (SSSR count). The van der Waals surface area contributed by atoms with E-state index in [9.17, 15) is 0 Å². The van der Waals surface area contributed by atoms with E-state index in [1.807, 2.05) is 0 Å². The molecule has 0 heterocycles. The van der Waals surface area contributed by atoms with Crippen LogP contribution in [0.25, 0.3) is 43.8 Å². The molecule has 0 aliphatic heterocycles. The van der Waals surface area contributed by atoms with Gasteiger partial charge in [-0.2, -0.15) is 0 Å². The van der Waals surface area contributed by atoms with E-state index in [-0.39, 0.29) is 5.41 Å². The predicted molar refractivity (Wildman–Crippen MR) is 179 cm³/mol. The zero-order valence-electron chi connectivity index (χ0n) is 23.9. The first-order chi connectivity index (χ1) is 20.6. The first kappa shape index (κ1) is 24.6. The largest absolute Gasteiger partial charge is 0.310 e. The number of benzene rings is 7. The van der Waals surface area contributed by atoms with Crippen molar-refractivity contribution in [3.8, 4) is 22.3 Å². The maximum atomic E-state index is 2.42. The number of rotatable bonds is 4. The maximum absolute atomic E-state index is 2.42. The van der Waals surface area contributed by atoms with E-state index in [2.05, 4.69) is 170 Å². The molecule has 0 unspecified atom stereocenters. The SMILES string of the molecule is CC1(C)c2cc(-c3ccc(N(c4ccccc4)c4cccc5ccccc45)cc3)ccc2-c2c1ccc1ccccc21. The standard InChI is InChI=1S/C41H31N/c1-41(2)37-26-22-30-12-7-9-17-35(30)40(37)36-25-21-31(27-38(36)41)28-19-23-33(24-20-28)42(32-14-4-3-5-15-32)39-18-10-13-29-11-6-8-16-34(29)39/h3-27H,1-2H3. The lowest BCUT2D eigenvalue weighted by atomic mass is 9.81. The average Bonchev–Trinajstić information content (AvgIpc) is 3.28. The third-order valence-corrected chi connectivity index (χ3v) is 9.05. The Morgan fingerprint density at radius 3 is 1.86 bits per heavy atom. The number of hydrogen-bond donors (Lipinski definition) is 0. The molecular formula is C41H31N. The summed E-state index contributed by atoms with van der Waals surface area (Å²) in [7, 11) is 0. The zero-order valence-corrected chi connectivity index (χ0v) is 23.9. The molecule has 1 aliphatic carbocycles. The summed E-state index contributed by atoms with van der Waals surface area (Å²) in [5.41, 5.74) is 11.5. The van der Waals surface area contributed by atoms with Gasteiger partial charge in [0, 0.05) is 22.2 Å². The summed E-state index contributed by atoms with van der Waals surface area (Å²) in [6, 6.07) is 55.3.